The van der Waals surface area contributed by atoms with E-state index in [1.165, 1.54) is 43.6 Å². The average Bonchev–Trinajstić information content (AvgIpc) is 3.19. The van der Waals surface area contributed by atoms with E-state index in [2.05, 4.69) is 4.98 Å². The van der Waals surface area contributed by atoms with Gasteiger partial charge in [0.05, 0.1) is 37.3 Å². The number of aromatic amines is 1. The van der Waals surface area contributed by atoms with Gasteiger partial charge in [-0.3, -0.25) is 9.59 Å². The van der Waals surface area contributed by atoms with E-state index in [0.717, 1.165) is 9.90 Å². The van der Waals surface area contributed by atoms with Crippen molar-refractivity contribution in [2.24, 2.45) is 5.92 Å². The van der Waals surface area contributed by atoms with Crippen LogP contribution in [0.25, 0.3) is 0 Å². The lowest BCUT2D eigenvalue weighted by atomic mass is 9.85. The van der Waals surface area contributed by atoms with Gasteiger partial charge in [-0.2, -0.15) is 0 Å². The Balaban J connectivity index is 2.18. The second-order valence-electron chi connectivity index (χ2n) is 4.81. The number of carbonyl (C=O) groups excluding carboxylic acids is 2. The zero-order chi connectivity index (χ0) is 16.6. The molecule has 0 amide bonds. The lowest BCUT2D eigenvalue weighted by Crippen LogP contribution is -2.40. The largest absolute Gasteiger partial charge is 0.469 e. The molecule has 122 valence electrons. The lowest BCUT2D eigenvalue weighted by molar-refractivity contribution is -0.152. The Morgan fingerprint density at radius 1 is 1.30 bits per heavy atom. The van der Waals surface area contributed by atoms with Gasteiger partial charge < -0.3 is 18.9 Å². The summed E-state index contributed by atoms with van der Waals surface area (Å²) in [5, 5.41) is 0.0206. The second-order valence-corrected chi connectivity index (χ2v) is 7.68. The number of rotatable bonds is 3. The Bertz CT molecular complexity index is 779. The highest BCUT2D eigenvalue weighted by Gasteiger charge is 2.49. The van der Waals surface area contributed by atoms with Crippen LogP contribution < -0.4 is 0 Å². The third-order valence-electron chi connectivity index (χ3n) is 3.61. The molecule has 0 saturated heterocycles. The normalized spacial score (nSPS) is 23.1. The number of H-pyrrole nitrogens is 1. The smallest absolute Gasteiger partial charge is 0.320 e. The molecule has 9 heteroatoms. The zero-order valence-electron chi connectivity index (χ0n) is 12.2. The number of thioether (sulfide) groups is 1. The molecule has 0 spiro atoms. The van der Waals surface area contributed by atoms with Gasteiger partial charge in [0.2, 0.25) is 0 Å². The van der Waals surface area contributed by atoms with Crippen molar-refractivity contribution in [1.82, 2.24) is 4.98 Å². The van der Waals surface area contributed by atoms with Crippen LogP contribution in [-0.2, 0) is 19.1 Å². The van der Waals surface area contributed by atoms with E-state index in [4.69, 9.17) is 26.1 Å². The number of aromatic nitrogens is 1. The van der Waals surface area contributed by atoms with Crippen molar-refractivity contribution in [2.75, 3.05) is 14.2 Å². The van der Waals surface area contributed by atoms with Crippen molar-refractivity contribution in [1.29, 1.82) is 0 Å². The number of hydrogen-bond donors (Lipinski definition) is 1. The van der Waals surface area contributed by atoms with Crippen LogP contribution in [0.2, 0.25) is 0 Å². The summed E-state index contributed by atoms with van der Waals surface area (Å²) in [6.45, 7) is 0. The molecule has 3 heterocycles. The van der Waals surface area contributed by atoms with Crippen molar-refractivity contribution >= 4 is 47.3 Å². The Kier molecular flexibility index (Phi) is 4.60. The van der Waals surface area contributed by atoms with Crippen LogP contribution in [0.1, 0.15) is 16.6 Å². The van der Waals surface area contributed by atoms with Gasteiger partial charge >= 0.3 is 11.9 Å². The molecule has 0 aromatic carbocycles. The highest BCUT2D eigenvalue weighted by molar-refractivity contribution is 8.00. The quantitative estimate of drug-likeness (QED) is 0.656. The molecule has 2 aromatic heterocycles. The minimum absolute atomic E-state index is 0.448. The fourth-order valence-corrected chi connectivity index (χ4v) is 5.56. The SMILES string of the molecule is COC(=O)C1Sc2[nH]c(=S)sc2C(c2ccco2)C1C(=O)OC. The first kappa shape index (κ1) is 16.3. The molecule has 1 aliphatic rings. The molecular weight excluding hydrogens is 358 g/mol. The van der Waals surface area contributed by atoms with Crippen LogP contribution in [0.3, 0.4) is 0 Å². The minimum Gasteiger partial charge on any atom is -0.469 e. The number of furan rings is 1. The number of carbonyl (C=O) groups is 2. The molecular formula is C14H13NO5S3. The first-order chi connectivity index (χ1) is 11.1. The van der Waals surface area contributed by atoms with E-state index < -0.39 is 29.0 Å². The van der Waals surface area contributed by atoms with Crippen LogP contribution in [0.15, 0.2) is 27.8 Å². The molecule has 0 aliphatic carbocycles. The Morgan fingerprint density at radius 2 is 2.04 bits per heavy atom. The van der Waals surface area contributed by atoms with Gasteiger partial charge in [-0.1, -0.05) is 11.8 Å². The van der Waals surface area contributed by atoms with Gasteiger partial charge in [0, 0.05) is 4.88 Å². The maximum atomic E-state index is 12.4. The number of esters is 2. The van der Waals surface area contributed by atoms with Gasteiger partial charge in [-0.15, -0.1) is 11.3 Å². The number of fused-ring (bicyclic) bond motifs is 1. The highest BCUT2D eigenvalue weighted by atomic mass is 32.2. The van der Waals surface area contributed by atoms with Crippen LogP contribution in [0, 0.1) is 9.87 Å². The fourth-order valence-electron chi connectivity index (χ4n) is 2.64. The van der Waals surface area contributed by atoms with E-state index in [-0.39, 0.29) is 0 Å². The Hall–Kier alpha value is -1.58. The van der Waals surface area contributed by atoms with Crippen LogP contribution >= 0.6 is 35.3 Å². The number of ether oxygens (including phenoxy) is 2. The predicted octanol–water partition coefficient (Wildman–Crippen LogP) is 2.97. The molecule has 23 heavy (non-hydrogen) atoms. The molecule has 1 aliphatic heterocycles. The van der Waals surface area contributed by atoms with Gasteiger partial charge in [-0.25, -0.2) is 0 Å². The summed E-state index contributed by atoms with van der Waals surface area (Å²) in [4.78, 5) is 28.6. The maximum absolute atomic E-state index is 12.4. The predicted molar refractivity (Wildman–Crippen MR) is 87.2 cm³/mol. The number of hydrogen-bond acceptors (Lipinski definition) is 8. The third kappa shape index (κ3) is 2.84. The molecule has 3 rings (SSSR count). The van der Waals surface area contributed by atoms with Crippen molar-refractivity contribution < 1.29 is 23.5 Å². The van der Waals surface area contributed by atoms with Crippen LogP contribution in [0.5, 0.6) is 0 Å². The topological polar surface area (TPSA) is 81.5 Å². The summed E-state index contributed by atoms with van der Waals surface area (Å²) in [5.74, 6) is -1.59. The summed E-state index contributed by atoms with van der Waals surface area (Å²) >= 11 is 7.82. The van der Waals surface area contributed by atoms with Crippen molar-refractivity contribution in [3.05, 3.63) is 33.0 Å². The van der Waals surface area contributed by atoms with E-state index in [9.17, 15) is 9.59 Å². The summed E-state index contributed by atoms with van der Waals surface area (Å²) in [5.41, 5.74) is 0. The molecule has 0 bridgehead atoms. The van der Waals surface area contributed by atoms with E-state index >= 15 is 0 Å². The molecule has 3 atom stereocenters. The molecule has 6 nitrogen and oxygen atoms in total. The Labute approximate surface area is 145 Å². The molecule has 0 fully saturated rings. The van der Waals surface area contributed by atoms with Crippen molar-refractivity contribution in [3.8, 4) is 0 Å². The molecule has 0 saturated carbocycles. The Morgan fingerprint density at radius 3 is 2.65 bits per heavy atom. The zero-order valence-corrected chi connectivity index (χ0v) is 14.7. The third-order valence-corrected chi connectivity index (χ3v) is 6.36. The standard InChI is InChI=1S/C14H13NO5S3/c1-18-12(16)8-7(6-4-3-5-20-6)9-11(15-14(21)23-9)22-10(8)13(17)19-2/h3-5,7-8,10H,1-2H3,(H,15,21). The lowest BCUT2D eigenvalue weighted by Gasteiger charge is -2.32. The minimum atomic E-state index is -0.752. The first-order valence-corrected chi connectivity index (χ1v) is 8.76. The summed E-state index contributed by atoms with van der Waals surface area (Å²) in [7, 11) is 2.60. The van der Waals surface area contributed by atoms with Crippen molar-refractivity contribution in [3.63, 3.8) is 0 Å². The highest BCUT2D eigenvalue weighted by Crippen LogP contribution is 2.50. The van der Waals surface area contributed by atoms with Gasteiger partial charge in [0.15, 0.2) is 3.95 Å². The molecule has 3 unspecified atom stereocenters. The molecule has 0 radical (unpaired) electrons. The van der Waals surface area contributed by atoms with E-state index in [1.54, 1.807) is 12.1 Å². The maximum Gasteiger partial charge on any atom is 0.320 e. The molecule has 1 N–H and O–H groups in total. The van der Waals surface area contributed by atoms with Gasteiger partial charge in [-0.05, 0) is 24.4 Å². The summed E-state index contributed by atoms with van der Waals surface area (Å²) in [6, 6.07) is 3.52. The van der Waals surface area contributed by atoms with Crippen LogP contribution in [-0.4, -0.2) is 36.4 Å². The van der Waals surface area contributed by atoms with Crippen molar-refractivity contribution in [2.45, 2.75) is 16.2 Å². The van der Waals surface area contributed by atoms with Crippen LogP contribution in [0.4, 0.5) is 0 Å². The average molecular weight is 371 g/mol. The number of methoxy groups -OCH3 is 2. The fraction of sp³-hybridized carbons (Fsp3) is 0.357. The molecule has 2 aromatic rings. The van der Waals surface area contributed by atoms with Gasteiger partial charge in [0.25, 0.3) is 0 Å². The first-order valence-electron chi connectivity index (χ1n) is 6.65. The summed E-state index contributed by atoms with van der Waals surface area (Å²) < 4.78 is 15.9. The van der Waals surface area contributed by atoms with E-state index in [0.29, 0.717) is 9.71 Å². The monoisotopic (exact) mass is 371 g/mol. The summed E-state index contributed by atoms with van der Waals surface area (Å²) in [6.07, 6.45) is 1.53. The van der Waals surface area contributed by atoms with Gasteiger partial charge in [0.1, 0.15) is 11.0 Å². The number of thiazole rings is 1. The van der Waals surface area contributed by atoms with E-state index in [1.807, 2.05) is 0 Å². The second kappa shape index (κ2) is 6.50. The number of nitrogens with one attached hydrogen (secondary N) is 1.